The summed E-state index contributed by atoms with van der Waals surface area (Å²) in [6.07, 6.45) is 0.358. The number of methoxy groups -OCH3 is 1. The van der Waals surface area contributed by atoms with Crippen LogP contribution in [0.15, 0.2) is 63.2 Å². The first-order chi connectivity index (χ1) is 14.0. The molecule has 0 fully saturated rings. The number of aromatic hydroxyl groups is 1. The normalized spacial score (nSPS) is 15.7. The van der Waals surface area contributed by atoms with E-state index in [4.69, 9.17) is 16.3 Å². The number of hydrogen-bond donors (Lipinski definition) is 3. The van der Waals surface area contributed by atoms with E-state index >= 15 is 0 Å². The van der Waals surface area contributed by atoms with Gasteiger partial charge in [0.2, 0.25) is 5.88 Å². The number of benzene rings is 2. The Bertz CT molecular complexity index is 1210. The highest BCUT2D eigenvalue weighted by atomic mass is 35.5. The van der Waals surface area contributed by atoms with E-state index < -0.39 is 17.1 Å². The van der Waals surface area contributed by atoms with E-state index in [0.29, 0.717) is 22.8 Å². The second kappa shape index (κ2) is 7.48. The van der Waals surface area contributed by atoms with Crippen LogP contribution in [0.4, 0.5) is 0 Å². The molecular weight excluding hydrogens is 396 g/mol. The van der Waals surface area contributed by atoms with Crippen molar-refractivity contribution in [2.24, 2.45) is 5.10 Å². The number of rotatable bonds is 4. The van der Waals surface area contributed by atoms with E-state index in [1.54, 1.807) is 25.3 Å². The van der Waals surface area contributed by atoms with Crippen LogP contribution in [0, 0.1) is 0 Å². The molecule has 1 atom stereocenters. The summed E-state index contributed by atoms with van der Waals surface area (Å²) >= 11 is 5.99. The van der Waals surface area contributed by atoms with Crippen LogP contribution in [0.25, 0.3) is 5.69 Å². The van der Waals surface area contributed by atoms with Gasteiger partial charge in [-0.15, -0.1) is 0 Å². The van der Waals surface area contributed by atoms with E-state index in [9.17, 15) is 14.7 Å². The molecule has 9 heteroatoms. The van der Waals surface area contributed by atoms with Gasteiger partial charge in [-0.1, -0.05) is 29.8 Å². The maximum absolute atomic E-state index is 12.4. The average Bonchev–Trinajstić information content (AvgIpc) is 3.17. The van der Waals surface area contributed by atoms with Crippen LogP contribution in [-0.4, -0.2) is 27.5 Å². The summed E-state index contributed by atoms with van der Waals surface area (Å²) in [6, 6.07) is 13.7. The van der Waals surface area contributed by atoms with E-state index in [0.717, 1.165) is 15.9 Å². The number of hydrazone groups is 1. The molecule has 0 saturated carbocycles. The zero-order chi connectivity index (χ0) is 20.5. The van der Waals surface area contributed by atoms with Gasteiger partial charge in [0.15, 0.2) is 0 Å². The van der Waals surface area contributed by atoms with Crippen LogP contribution < -0.4 is 21.4 Å². The first-order valence-electron chi connectivity index (χ1n) is 8.78. The Morgan fingerprint density at radius 1 is 1.21 bits per heavy atom. The van der Waals surface area contributed by atoms with Crippen LogP contribution in [0.5, 0.6) is 11.6 Å². The maximum atomic E-state index is 12.4. The molecule has 3 N–H and O–H groups in total. The van der Waals surface area contributed by atoms with Crippen molar-refractivity contribution in [1.82, 2.24) is 15.0 Å². The van der Waals surface area contributed by atoms with Crippen molar-refractivity contribution >= 4 is 17.3 Å². The highest BCUT2D eigenvalue weighted by Gasteiger charge is 2.27. The number of aromatic amines is 1. The molecule has 29 heavy (non-hydrogen) atoms. The molecule has 148 valence electrons. The van der Waals surface area contributed by atoms with E-state index in [-0.39, 0.29) is 11.6 Å². The van der Waals surface area contributed by atoms with Crippen LogP contribution in [-0.2, 0) is 0 Å². The Labute approximate surface area is 170 Å². The number of nitrogens with one attached hydrogen (secondary N) is 2. The Hall–Kier alpha value is -3.52. The number of aromatic nitrogens is 2. The molecule has 0 saturated heterocycles. The van der Waals surface area contributed by atoms with Crippen molar-refractivity contribution in [3.05, 3.63) is 85.5 Å². The summed E-state index contributed by atoms with van der Waals surface area (Å²) in [5.74, 6) is 0.243. The Morgan fingerprint density at radius 3 is 2.66 bits per heavy atom. The highest BCUT2D eigenvalue weighted by Crippen LogP contribution is 2.28. The second-order valence-corrected chi connectivity index (χ2v) is 6.93. The lowest BCUT2D eigenvalue weighted by Crippen LogP contribution is -2.33. The average molecular weight is 413 g/mol. The van der Waals surface area contributed by atoms with Crippen LogP contribution in [0.1, 0.15) is 23.6 Å². The third-order valence-electron chi connectivity index (χ3n) is 4.71. The smallest absolute Gasteiger partial charge is 0.335 e. The van der Waals surface area contributed by atoms with Crippen molar-refractivity contribution in [2.45, 2.75) is 12.5 Å². The maximum Gasteiger partial charge on any atom is 0.335 e. The van der Waals surface area contributed by atoms with E-state index in [1.807, 2.05) is 24.3 Å². The molecule has 0 unspecified atom stereocenters. The van der Waals surface area contributed by atoms with Crippen molar-refractivity contribution in [1.29, 1.82) is 0 Å². The van der Waals surface area contributed by atoms with Gasteiger partial charge in [0.05, 0.1) is 24.6 Å². The first kappa shape index (κ1) is 18.8. The fraction of sp³-hybridized carbons (Fsp3) is 0.150. The van der Waals surface area contributed by atoms with Gasteiger partial charge in [0, 0.05) is 11.4 Å². The summed E-state index contributed by atoms with van der Waals surface area (Å²) in [5.41, 5.74) is 3.06. The first-order valence-corrected chi connectivity index (χ1v) is 9.16. The lowest BCUT2D eigenvalue weighted by Gasteiger charge is -2.12. The molecule has 8 nitrogen and oxygen atoms in total. The number of hydrogen-bond acceptors (Lipinski definition) is 6. The predicted molar refractivity (Wildman–Crippen MR) is 109 cm³/mol. The van der Waals surface area contributed by atoms with Crippen LogP contribution in [0.2, 0.25) is 5.02 Å². The van der Waals surface area contributed by atoms with Crippen LogP contribution >= 0.6 is 11.6 Å². The number of H-pyrrole nitrogens is 1. The molecule has 0 bridgehead atoms. The lowest BCUT2D eigenvalue weighted by molar-refractivity contribution is 0.414. The highest BCUT2D eigenvalue weighted by molar-refractivity contribution is 6.30. The number of ether oxygens (including phenoxy) is 1. The molecule has 2 aromatic carbocycles. The minimum absolute atomic E-state index is 0.0620. The summed E-state index contributed by atoms with van der Waals surface area (Å²) in [4.78, 5) is 27.0. The standard InChI is InChI=1S/C20H17ClN4O4/c1-29-14-7-5-11(6-8-14)15-10-16(24-23-15)17-18(26)22-20(28)25(19(17)27)13-4-2-3-12(21)9-13/h2-9,15,23,27H,10H2,1H3,(H,22,26,28)/t15-/m1/s1. The molecular formula is C20H17ClN4O4. The van der Waals surface area contributed by atoms with Gasteiger partial charge in [-0.25, -0.2) is 9.36 Å². The van der Waals surface area contributed by atoms with Gasteiger partial charge in [0.1, 0.15) is 11.3 Å². The zero-order valence-corrected chi connectivity index (χ0v) is 16.1. The molecule has 0 aliphatic carbocycles. The largest absolute Gasteiger partial charge is 0.497 e. The van der Waals surface area contributed by atoms with E-state index in [1.165, 1.54) is 6.07 Å². The Morgan fingerprint density at radius 2 is 1.97 bits per heavy atom. The second-order valence-electron chi connectivity index (χ2n) is 6.49. The monoisotopic (exact) mass is 412 g/mol. The SMILES string of the molecule is COc1ccc([C@H]2CC(c3c(O)n(-c4cccc(Cl)c4)c(=O)[nH]c3=O)=NN2)cc1. The molecule has 4 rings (SSSR count). The minimum atomic E-state index is -0.767. The lowest BCUT2D eigenvalue weighted by atomic mass is 10.00. The van der Waals surface area contributed by atoms with Crippen molar-refractivity contribution in [3.8, 4) is 17.3 Å². The minimum Gasteiger partial charge on any atom is -0.497 e. The summed E-state index contributed by atoms with van der Waals surface area (Å²) in [5, 5.41) is 15.4. The van der Waals surface area contributed by atoms with Gasteiger partial charge in [-0.05, 0) is 35.9 Å². The van der Waals surface area contributed by atoms with Gasteiger partial charge in [-0.3, -0.25) is 9.78 Å². The summed E-state index contributed by atoms with van der Waals surface area (Å²) in [6.45, 7) is 0. The molecule has 1 aliphatic rings. The molecule has 1 aromatic heterocycles. The van der Waals surface area contributed by atoms with Crippen molar-refractivity contribution in [3.63, 3.8) is 0 Å². The summed E-state index contributed by atoms with van der Waals surface area (Å²) in [7, 11) is 1.59. The van der Waals surface area contributed by atoms with Gasteiger partial charge < -0.3 is 15.3 Å². The fourth-order valence-electron chi connectivity index (χ4n) is 3.27. The number of nitrogens with zero attached hydrogens (tertiary/aromatic N) is 2. The predicted octanol–water partition coefficient (Wildman–Crippen LogP) is 2.33. The zero-order valence-electron chi connectivity index (χ0n) is 15.3. The molecule has 1 aliphatic heterocycles. The van der Waals surface area contributed by atoms with E-state index in [2.05, 4.69) is 15.5 Å². The van der Waals surface area contributed by atoms with Crippen LogP contribution in [0.3, 0.4) is 0 Å². The molecule has 2 heterocycles. The van der Waals surface area contributed by atoms with Crippen molar-refractivity contribution in [2.75, 3.05) is 7.11 Å². The Kier molecular flexibility index (Phi) is 4.85. The molecule has 0 spiro atoms. The fourth-order valence-corrected chi connectivity index (χ4v) is 3.45. The van der Waals surface area contributed by atoms with Gasteiger partial charge in [-0.2, -0.15) is 5.10 Å². The quantitative estimate of drug-likeness (QED) is 0.609. The number of halogens is 1. The molecule has 0 amide bonds. The summed E-state index contributed by atoms with van der Waals surface area (Å²) < 4.78 is 6.15. The molecule has 0 radical (unpaired) electrons. The van der Waals surface area contributed by atoms with Crippen molar-refractivity contribution < 1.29 is 9.84 Å². The van der Waals surface area contributed by atoms with Gasteiger partial charge >= 0.3 is 5.69 Å². The topological polar surface area (TPSA) is 109 Å². The Balaban J connectivity index is 1.71. The third kappa shape index (κ3) is 3.50. The molecule has 3 aromatic rings. The third-order valence-corrected chi connectivity index (χ3v) is 4.95. The van der Waals surface area contributed by atoms with Gasteiger partial charge in [0.25, 0.3) is 5.56 Å².